The number of benzene rings is 1. The van der Waals surface area contributed by atoms with Crippen LogP contribution in [-0.4, -0.2) is 39.9 Å². The van der Waals surface area contributed by atoms with Crippen molar-refractivity contribution in [2.24, 2.45) is 0 Å². The molecule has 18 heavy (non-hydrogen) atoms. The highest BCUT2D eigenvalue weighted by molar-refractivity contribution is 7.93. The van der Waals surface area contributed by atoms with Gasteiger partial charge < -0.3 is 5.11 Å². The molecule has 0 aliphatic carbocycles. The summed E-state index contributed by atoms with van der Waals surface area (Å²) in [5.74, 6) is -2.53. The van der Waals surface area contributed by atoms with Crippen molar-refractivity contribution in [2.75, 3.05) is 16.7 Å². The van der Waals surface area contributed by atoms with Crippen molar-refractivity contribution in [3.05, 3.63) is 24.3 Å². The number of aliphatic carboxylic acids is 1. The first-order valence-electron chi connectivity index (χ1n) is 4.62. The molecule has 0 spiro atoms. The highest BCUT2D eigenvalue weighted by atomic mass is 32.2. The number of sulfone groups is 1. The van der Waals surface area contributed by atoms with Crippen LogP contribution in [0, 0.1) is 0 Å². The summed E-state index contributed by atoms with van der Waals surface area (Å²) in [4.78, 5) is 10.3. The number of sulfonamides is 1. The largest absolute Gasteiger partial charge is 0.480 e. The van der Waals surface area contributed by atoms with Crippen LogP contribution in [0.3, 0.4) is 0 Å². The van der Waals surface area contributed by atoms with Gasteiger partial charge in [-0.15, -0.1) is 0 Å². The molecule has 9 heteroatoms. The second kappa shape index (κ2) is 4.94. The third kappa shape index (κ3) is 4.34. The van der Waals surface area contributed by atoms with Crippen LogP contribution in [0.1, 0.15) is 0 Å². The van der Waals surface area contributed by atoms with Gasteiger partial charge in [0.25, 0.3) is 0 Å². The molecule has 0 saturated carbocycles. The molecule has 0 aromatic heterocycles. The molecule has 1 aromatic carbocycles. The maximum Gasteiger partial charge on any atom is 0.320 e. The molecule has 1 aromatic rings. The molecule has 1 rings (SSSR count). The van der Waals surface area contributed by atoms with E-state index >= 15 is 0 Å². The Labute approximate surface area is 104 Å². The summed E-state index contributed by atoms with van der Waals surface area (Å²) in [6.45, 7) is 0. The number of carboxylic acid groups (broad SMARTS) is 1. The highest BCUT2D eigenvalue weighted by Gasteiger charge is 2.15. The summed E-state index contributed by atoms with van der Waals surface area (Å²) in [5.41, 5.74) is 0.101. The summed E-state index contributed by atoms with van der Waals surface area (Å²) in [7, 11) is -7.33. The number of carbonyl (C=O) groups is 1. The summed E-state index contributed by atoms with van der Waals surface area (Å²) in [6, 6.07) is 4.95. The Morgan fingerprint density at radius 2 is 1.67 bits per heavy atom. The molecule has 0 heterocycles. The maximum atomic E-state index is 11.3. The van der Waals surface area contributed by atoms with E-state index in [1.165, 1.54) is 24.3 Å². The fourth-order valence-electron chi connectivity index (χ4n) is 1.15. The SMILES string of the molecule is CS(=O)(=O)c1ccc(NS(=O)(=O)CC(=O)O)cc1. The minimum Gasteiger partial charge on any atom is -0.480 e. The van der Waals surface area contributed by atoms with Crippen LogP contribution in [0.5, 0.6) is 0 Å². The first-order chi connectivity index (χ1) is 8.10. The monoisotopic (exact) mass is 293 g/mol. The number of rotatable bonds is 5. The van der Waals surface area contributed by atoms with Gasteiger partial charge in [0, 0.05) is 11.9 Å². The molecule has 0 aliphatic heterocycles. The number of hydrogen-bond acceptors (Lipinski definition) is 5. The number of carboxylic acids is 1. The van der Waals surface area contributed by atoms with Crippen LogP contribution in [-0.2, 0) is 24.7 Å². The summed E-state index contributed by atoms with van der Waals surface area (Å²) in [5, 5.41) is 8.38. The Morgan fingerprint density at radius 3 is 2.06 bits per heavy atom. The minimum atomic E-state index is -3.98. The van der Waals surface area contributed by atoms with Gasteiger partial charge in [-0.2, -0.15) is 0 Å². The van der Waals surface area contributed by atoms with Gasteiger partial charge in [0.05, 0.1) is 4.90 Å². The number of nitrogens with one attached hydrogen (secondary N) is 1. The molecule has 7 nitrogen and oxygen atoms in total. The van der Waals surface area contributed by atoms with Gasteiger partial charge in [0.2, 0.25) is 10.0 Å². The van der Waals surface area contributed by atoms with Crippen LogP contribution in [0.4, 0.5) is 5.69 Å². The maximum absolute atomic E-state index is 11.3. The van der Waals surface area contributed by atoms with Gasteiger partial charge in [0.1, 0.15) is 0 Å². The quantitative estimate of drug-likeness (QED) is 0.783. The van der Waals surface area contributed by atoms with Gasteiger partial charge >= 0.3 is 5.97 Å². The zero-order chi connectivity index (χ0) is 14.0. The average Bonchev–Trinajstić information content (AvgIpc) is 2.13. The molecule has 0 unspecified atom stereocenters. The van der Waals surface area contributed by atoms with E-state index in [0.717, 1.165) is 6.26 Å². The molecule has 0 saturated heterocycles. The van der Waals surface area contributed by atoms with Crippen LogP contribution < -0.4 is 4.72 Å². The normalized spacial score (nSPS) is 12.1. The fraction of sp³-hybridized carbons (Fsp3) is 0.222. The smallest absolute Gasteiger partial charge is 0.320 e. The van der Waals surface area contributed by atoms with Crippen molar-refractivity contribution >= 4 is 31.5 Å². The van der Waals surface area contributed by atoms with Crippen LogP contribution in [0.25, 0.3) is 0 Å². The molecular weight excluding hydrogens is 282 g/mol. The van der Waals surface area contributed by atoms with E-state index in [2.05, 4.69) is 0 Å². The molecule has 0 atom stereocenters. The topological polar surface area (TPSA) is 118 Å². The zero-order valence-corrected chi connectivity index (χ0v) is 11.0. The first-order valence-corrected chi connectivity index (χ1v) is 8.17. The molecule has 0 bridgehead atoms. The molecule has 100 valence electrons. The molecule has 2 N–H and O–H groups in total. The van der Waals surface area contributed by atoms with Crippen molar-refractivity contribution < 1.29 is 26.7 Å². The van der Waals surface area contributed by atoms with Crippen molar-refractivity contribution in [3.63, 3.8) is 0 Å². The van der Waals surface area contributed by atoms with Crippen molar-refractivity contribution in [1.82, 2.24) is 0 Å². The Bertz CT molecular complexity index is 645. The molecule has 0 amide bonds. The lowest BCUT2D eigenvalue weighted by molar-refractivity contribution is -0.134. The fourth-order valence-corrected chi connectivity index (χ4v) is 2.67. The predicted octanol–water partition coefficient (Wildman–Crippen LogP) is -0.0836. The molecular formula is C9H11NO6S2. The van der Waals surface area contributed by atoms with E-state index in [0.29, 0.717) is 0 Å². The van der Waals surface area contributed by atoms with Gasteiger partial charge in [-0.1, -0.05) is 0 Å². The predicted molar refractivity (Wildman–Crippen MR) is 64.6 cm³/mol. The summed E-state index contributed by atoms with van der Waals surface area (Å²) >= 11 is 0. The van der Waals surface area contributed by atoms with Crippen LogP contribution >= 0.6 is 0 Å². The van der Waals surface area contributed by atoms with E-state index in [1.807, 2.05) is 4.72 Å². The van der Waals surface area contributed by atoms with E-state index in [1.54, 1.807) is 0 Å². The van der Waals surface area contributed by atoms with Crippen LogP contribution in [0.15, 0.2) is 29.2 Å². The lowest BCUT2D eigenvalue weighted by Crippen LogP contribution is -2.22. The third-order valence-electron chi connectivity index (χ3n) is 1.87. The zero-order valence-electron chi connectivity index (χ0n) is 9.32. The standard InChI is InChI=1S/C9H11NO6S2/c1-17(13,14)8-4-2-7(3-5-8)10-18(15,16)6-9(11)12/h2-5,10H,6H2,1H3,(H,11,12). The minimum absolute atomic E-state index is 0.0451. The summed E-state index contributed by atoms with van der Waals surface area (Å²) < 4.78 is 46.9. The number of anilines is 1. The lowest BCUT2D eigenvalue weighted by atomic mass is 10.3. The average molecular weight is 293 g/mol. The Kier molecular flexibility index (Phi) is 3.97. The first kappa shape index (κ1) is 14.5. The van der Waals surface area contributed by atoms with E-state index in [9.17, 15) is 21.6 Å². The Balaban J connectivity index is 2.92. The van der Waals surface area contributed by atoms with Crippen LogP contribution in [0.2, 0.25) is 0 Å². The molecule has 0 aliphatic rings. The van der Waals surface area contributed by atoms with Gasteiger partial charge in [-0.3, -0.25) is 9.52 Å². The summed E-state index contributed by atoms with van der Waals surface area (Å²) in [6.07, 6.45) is 1.02. The van der Waals surface area contributed by atoms with E-state index in [-0.39, 0.29) is 10.6 Å². The molecule has 0 fully saturated rings. The Hall–Kier alpha value is -1.61. The lowest BCUT2D eigenvalue weighted by Gasteiger charge is -2.06. The second-order valence-corrected chi connectivity index (χ2v) is 7.29. The van der Waals surface area contributed by atoms with Gasteiger partial charge in [-0.25, -0.2) is 16.8 Å². The highest BCUT2D eigenvalue weighted by Crippen LogP contribution is 2.14. The van der Waals surface area contributed by atoms with Crippen molar-refractivity contribution in [1.29, 1.82) is 0 Å². The molecule has 0 radical (unpaired) electrons. The van der Waals surface area contributed by atoms with E-state index in [4.69, 9.17) is 5.11 Å². The van der Waals surface area contributed by atoms with E-state index < -0.39 is 31.6 Å². The Morgan fingerprint density at radius 1 is 1.17 bits per heavy atom. The third-order valence-corrected chi connectivity index (χ3v) is 4.17. The van der Waals surface area contributed by atoms with Crippen molar-refractivity contribution in [3.8, 4) is 0 Å². The van der Waals surface area contributed by atoms with Gasteiger partial charge in [-0.05, 0) is 24.3 Å². The number of hydrogen-bond donors (Lipinski definition) is 2. The van der Waals surface area contributed by atoms with Gasteiger partial charge in [0.15, 0.2) is 15.6 Å². The second-order valence-electron chi connectivity index (χ2n) is 3.55. The van der Waals surface area contributed by atoms with Crippen molar-refractivity contribution in [2.45, 2.75) is 4.90 Å².